The van der Waals surface area contributed by atoms with Gasteiger partial charge in [0.1, 0.15) is 12.2 Å². The summed E-state index contributed by atoms with van der Waals surface area (Å²) in [4.78, 5) is 10.9. The van der Waals surface area contributed by atoms with Gasteiger partial charge in [-0.05, 0) is 23.8 Å². The fourth-order valence-corrected chi connectivity index (χ4v) is 1.87. The van der Waals surface area contributed by atoms with Gasteiger partial charge in [0.2, 0.25) is 6.79 Å². The molecule has 18 heavy (non-hydrogen) atoms. The smallest absolute Gasteiger partial charge is 0.330 e. The molecule has 0 aromatic heterocycles. The van der Waals surface area contributed by atoms with E-state index in [1.807, 2.05) is 18.2 Å². The van der Waals surface area contributed by atoms with Crippen molar-refractivity contribution >= 4 is 5.97 Å². The first-order valence-corrected chi connectivity index (χ1v) is 5.59. The normalized spacial score (nSPS) is 24.3. The van der Waals surface area contributed by atoms with Crippen LogP contribution in [0.3, 0.4) is 0 Å². The van der Waals surface area contributed by atoms with Crippen molar-refractivity contribution in [3.63, 3.8) is 0 Å². The molecule has 2 aliphatic heterocycles. The van der Waals surface area contributed by atoms with Crippen LogP contribution < -0.4 is 9.47 Å². The number of rotatable bonds is 3. The van der Waals surface area contributed by atoms with Crippen LogP contribution in [0.15, 0.2) is 30.4 Å². The van der Waals surface area contributed by atoms with E-state index in [1.54, 1.807) is 6.08 Å². The summed E-state index contributed by atoms with van der Waals surface area (Å²) in [5.41, 5.74) is 1.01. The van der Waals surface area contributed by atoms with Gasteiger partial charge in [-0.2, -0.15) is 0 Å². The molecule has 94 valence electrons. The third-order valence-corrected chi connectivity index (χ3v) is 2.87. The predicted octanol–water partition coefficient (Wildman–Crippen LogP) is 1.58. The Morgan fingerprint density at radius 2 is 2.22 bits per heavy atom. The lowest BCUT2D eigenvalue weighted by Gasteiger charge is -1.98. The molecule has 1 saturated heterocycles. The fourth-order valence-electron chi connectivity index (χ4n) is 1.87. The predicted molar refractivity (Wildman–Crippen MR) is 61.3 cm³/mol. The number of ether oxygens (including phenoxy) is 4. The Hall–Kier alpha value is -2.01. The van der Waals surface area contributed by atoms with Crippen molar-refractivity contribution in [1.82, 2.24) is 0 Å². The molecule has 2 aliphatic rings. The summed E-state index contributed by atoms with van der Waals surface area (Å²) in [5.74, 6) is 1.11. The second-order valence-corrected chi connectivity index (χ2v) is 4.02. The summed E-state index contributed by atoms with van der Waals surface area (Å²) < 4.78 is 20.5. The number of hydrogen-bond donors (Lipinski definition) is 0. The van der Waals surface area contributed by atoms with Gasteiger partial charge in [0, 0.05) is 6.08 Å². The number of methoxy groups -OCH3 is 1. The Kier molecular flexibility index (Phi) is 2.68. The maximum absolute atomic E-state index is 10.9. The van der Waals surface area contributed by atoms with Crippen molar-refractivity contribution in [2.75, 3.05) is 13.9 Å². The van der Waals surface area contributed by atoms with E-state index in [2.05, 4.69) is 4.74 Å². The maximum atomic E-state index is 10.9. The van der Waals surface area contributed by atoms with Gasteiger partial charge in [0.25, 0.3) is 0 Å². The second-order valence-electron chi connectivity index (χ2n) is 4.02. The Morgan fingerprint density at radius 1 is 1.39 bits per heavy atom. The number of epoxide rings is 1. The lowest BCUT2D eigenvalue weighted by molar-refractivity contribution is -0.134. The molecule has 1 aromatic rings. The van der Waals surface area contributed by atoms with E-state index in [1.165, 1.54) is 13.2 Å². The van der Waals surface area contributed by atoms with Gasteiger partial charge < -0.3 is 18.9 Å². The summed E-state index contributed by atoms with van der Waals surface area (Å²) in [6, 6.07) is 5.70. The number of benzene rings is 1. The van der Waals surface area contributed by atoms with Crippen LogP contribution >= 0.6 is 0 Å². The summed E-state index contributed by atoms with van der Waals surface area (Å²) in [6.07, 6.45) is 2.96. The van der Waals surface area contributed by atoms with Gasteiger partial charge in [0.05, 0.1) is 7.11 Å². The Bertz CT molecular complexity index is 508. The molecular formula is C13H12O5. The Morgan fingerprint density at radius 3 is 3.06 bits per heavy atom. The van der Waals surface area contributed by atoms with Gasteiger partial charge >= 0.3 is 5.97 Å². The zero-order valence-electron chi connectivity index (χ0n) is 9.79. The number of carbonyl (C=O) groups is 1. The molecule has 2 heterocycles. The highest BCUT2D eigenvalue weighted by molar-refractivity contribution is 5.81. The fraction of sp³-hybridized carbons (Fsp3) is 0.308. The van der Waals surface area contributed by atoms with Crippen LogP contribution in [0.5, 0.6) is 11.5 Å². The van der Waals surface area contributed by atoms with Crippen molar-refractivity contribution in [3.05, 3.63) is 35.9 Å². The van der Waals surface area contributed by atoms with Crippen LogP contribution in [0, 0.1) is 0 Å². The van der Waals surface area contributed by atoms with E-state index in [9.17, 15) is 4.79 Å². The highest BCUT2D eigenvalue weighted by Crippen LogP contribution is 2.43. The molecule has 0 N–H and O–H groups in total. The number of fused-ring (bicyclic) bond motifs is 1. The molecule has 3 rings (SSSR count). The van der Waals surface area contributed by atoms with Crippen LogP contribution in [-0.2, 0) is 14.3 Å². The van der Waals surface area contributed by atoms with Crippen LogP contribution in [0.2, 0.25) is 0 Å². The van der Waals surface area contributed by atoms with Crippen molar-refractivity contribution in [2.24, 2.45) is 0 Å². The number of carbonyl (C=O) groups excluding carboxylic acids is 1. The van der Waals surface area contributed by atoms with E-state index in [-0.39, 0.29) is 25.0 Å². The lowest BCUT2D eigenvalue weighted by atomic mass is 10.1. The highest BCUT2D eigenvalue weighted by Gasteiger charge is 2.38. The second kappa shape index (κ2) is 4.34. The van der Waals surface area contributed by atoms with Gasteiger partial charge in [-0.25, -0.2) is 4.79 Å². The molecular weight excluding hydrogens is 236 g/mol. The summed E-state index contributed by atoms with van der Waals surface area (Å²) in [6.45, 7) is 0.260. The standard InChI is InChI=1S/C13H12O5/c1-15-12(14)5-4-10-13(18-10)8-2-3-9-11(6-8)17-7-16-9/h2-6,10,13H,7H2,1H3/b5-4+/t10-,13-/m0/s1. The maximum Gasteiger partial charge on any atom is 0.330 e. The van der Waals surface area contributed by atoms with Crippen molar-refractivity contribution < 1.29 is 23.7 Å². The number of hydrogen-bond acceptors (Lipinski definition) is 5. The molecule has 1 fully saturated rings. The highest BCUT2D eigenvalue weighted by atomic mass is 16.7. The SMILES string of the molecule is COC(=O)/C=C/[C@@H]1O[C@H]1c1ccc2c(c1)OCO2. The molecule has 0 aliphatic carbocycles. The molecule has 5 heteroatoms. The third-order valence-electron chi connectivity index (χ3n) is 2.87. The van der Waals surface area contributed by atoms with Gasteiger partial charge in [-0.3, -0.25) is 0 Å². The van der Waals surface area contributed by atoms with Crippen molar-refractivity contribution in [2.45, 2.75) is 12.2 Å². The lowest BCUT2D eigenvalue weighted by Crippen LogP contribution is -1.95. The van der Waals surface area contributed by atoms with Crippen molar-refractivity contribution in [1.29, 1.82) is 0 Å². The van der Waals surface area contributed by atoms with Crippen molar-refractivity contribution in [3.8, 4) is 11.5 Å². The quantitative estimate of drug-likeness (QED) is 0.462. The van der Waals surface area contributed by atoms with E-state index in [0.717, 1.165) is 17.1 Å². The molecule has 5 nitrogen and oxygen atoms in total. The van der Waals surface area contributed by atoms with E-state index in [0.29, 0.717) is 0 Å². The minimum atomic E-state index is -0.380. The average Bonchev–Trinajstić information content (AvgIpc) is 3.03. The molecule has 0 radical (unpaired) electrons. The van der Waals surface area contributed by atoms with Crippen LogP contribution in [-0.4, -0.2) is 26.0 Å². The molecule has 1 aromatic carbocycles. The van der Waals surface area contributed by atoms with E-state index in [4.69, 9.17) is 14.2 Å². The first-order valence-electron chi connectivity index (χ1n) is 5.59. The minimum absolute atomic E-state index is 0.0274. The minimum Gasteiger partial charge on any atom is -0.466 e. The van der Waals surface area contributed by atoms with Crippen LogP contribution in [0.1, 0.15) is 11.7 Å². The van der Waals surface area contributed by atoms with Gasteiger partial charge in [0.15, 0.2) is 11.5 Å². The van der Waals surface area contributed by atoms with E-state index < -0.39 is 0 Å². The van der Waals surface area contributed by atoms with Gasteiger partial charge in [-0.15, -0.1) is 0 Å². The number of esters is 1. The first-order chi connectivity index (χ1) is 8.78. The molecule has 0 spiro atoms. The summed E-state index contributed by atoms with van der Waals surface area (Å²) in [7, 11) is 1.34. The van der Waals surface area contributed by atoms with Gasteiger partial charge in [-0.1, -0.05) is 6.07 Å². The largest absolute Gasteiger partial charge is 0.466 e. The molecule has 0 saturated carbocycles. The van der Waals surface area contributed by atoms with Crippen LogP contribution in [0.25, 0.3) is 0 Å². The molecule has 0 amide bonds. The topological polar surface area (TPSA) is 57.3 Å². The first kappa shape index (κ1) is 11.1. The zero-order valence-corrected chi connectivity index (χ0v) is 9.79. The average molecular weight is 248 g/mol. The van der Waals surface area contributed by atoms with Crippen LogP contribution in [0.4, 0.5) is 0 Å². The summed E-state index contributed by atoms with van der Waals surface area (Å²) in [5, 5.41) is 0. The Labute approximate surface area is 104 Å². The summed E-state index contributed by atoms with van der Waals surface area (Å²) >= 11 is 0. The zero-order chi connectivity index (χ0) is 12.5. The molecule has 0 bridgehead atoms. The third kappa shape index (κ3) is 2.04. The molecule has 2 atom stereocenters. The van der Waals surface area contributed by atoms with E-state index >= 15 is 0 Å². The Balaban J connectivity index is 1.67. The molecule has 0 unspecified atom stereocenters. The monoisotopic (exact) mass is 248 g/mol.